The molecule has 3 aromatic heterocycles. The molecule has 1 atom stereocenters. The van der Waals surface area contributed by atoms with Crippen molar-refractivity contribution in [1.29, 1.82) is 0 Å². The molecule has 8 nitrogen and oxygen atoms in total. The molecule has 1 unspecified atom stereocenters. The molecule has 2 aliphatic rings. The number of aromatic nitrogens is 4. The predicted molar refractivity (Wildman–Crippen MR) is 109 cm³/mol. The van der Waals surface area contributed by atoms with Gasteiger partial charge in [-0.3, -0.25) is 14.6 Å². The second-order valence-corrected chi connectivity index (χ2v) is 7.92. The van der Waals surface area contributed by atoms with E-state index in [0.717, 1.165) is 55.3 Å². The number of amides is 1. The molecule has 0 saturated carbocycles. The summed E-state index contributed by atoms with van der Waals surface area (Å²) in [4.78, 5) is 31.6. The van der Waals surface area contributed by atoms with E-state index in [4.69, 9.17) is 4.52 Å². The highest BCUT2D eigenvalue weighted by molar-refractivity contribution is 5.93. The van der Waals surface area contributed by atoms with Crippen molar-refractivity contribution in [3.8, 4) is 11.3 Å². The van der Waals surface area contributed by atoms with E-state index < -0.39 is 0 Å². The lowest BCUT2D eigenvalue weighted by Gasteiger charge is -2.24. The fourth-order valence-corrected chi connectivity index (χ4v) is 4.43. The van der Waals surface area contributed by atoms with Gasteiger partial charge in [0.2, 0.25) is 5.76 Å². The van der Waals surface area contributed by atoms with Crippen LogP contribution in [0.2, 0.25) is 0 Å². The summed E-state index contributed by atoms with van der Waals surface area (Å²) in [6, 6.07) is 6.86. The van der Waals surface area contributed by atoms with Crippen molar-refractivity contribution in [2.24, 2.45) is 0 Å². The molecule has 3 aromatic rings. The lowest BCUT2D eigenvalue weighted by Crippen LogP contribution is -2.40. The van der Waals surface area contributed by atoms with Crippen LogP contribution in [0.5, 0.6) is 0 Å². The largest absolute Gasteiger partial charge is 0.350 e. The third-order valence-corrected chi connectivity index (χ3v) is 6.00. The van der Waals surface area contributed by atoms with Crippen LogP contribution in [0.4, 0.5) is 0 Å². The van der Waals surface area contributed by atoms with Gasteiger partial charge in [0.15, 0.2) is 0 Å². The van der Waals surface area contributed by atoms with Crippen molar-refractivity contribution >= 4 is 5.91 Å². The van der Waals surface area contributed by atoms with Crippen molar-refractivity contribution < 1.29 is 9.32 Å². The standard InChI is InChI=1S/C22H23N5O3/c28-20-10-9-18(15-5-3-11-23-13-15)24-27(20)14-16-6-4-12-26(16)22(29)21-17-7-1-2-8-19(17)25-30-21/h3,5,9-11,13,16H,1-2,4,6-8,12,14H2. The zero-order valence-electron chi connectivity index (χ0n) is 16.7. The van der Waals surface area contributed by atoms with Gasteiger partial charge in [-0.25, -0.2) is 4.68 Å². The number of pyridine rings is 1. The maximum atomic E-state index is 13.2. The maximum absolute atomic E-state index is 13.2. The van der Waals surface area contributed by atoms with Gasteiger partial charge in [-0.05, 0) is 56.7 Å². The first-order valence-corrected chi connectivity index (χ1v) is 10.5. The minimum Gasteiger partial charge on any atom is -0.350 e. The lowest BCUT2D eigenvalue weighted by atomic mass is 9.96. The topological polar surface area (TPSA) is 94.1 Å². The Morgan fingerprint density at radius 3 is 2.93 bits per heavy atom. The fraction of sp³-hybridized carbons (Fsp3) is 0.409. The summed E-state index contributed by atoms with van der Waals surface area (Å²) < 4.78 is 6.91. The van der Waals surface area contributed by atoms with Crippen LogP contribution in [-0.4, -0.2) is 43.3 Å². The molecule has 1 aliphatic carbocycles. The van der Waals surface area contributed by atoms with E-state index in [0.29, 0.717) is 24.5 Å². The molecule has 8 heteroatoms. The van der Waals surface area contributed by atoms with E-state index >= 15 is 0 Å². The highest BCUT2D eigenvalue weighted by atomic mass is 16.5. The van der Waals surface area contributed by atoms with Crippen LogP contribution in [0.25, 0.3) is 11.3 Å². The molecule has 0 N–H and O–H groups in total. The van der Waals surface area contributed by atoms with Crippen LogP contribution >= 0.6 is 0 Å². The summed E-state index contributed by atoms with van der Waals surface area (Å²) in [6.45, 7) is 1.00. The highest BCUT2D eigenvalue weighted by Crippen LogP contribution is 2.28. The van der Waals surface area contributed by atoms with Crippen LogP contribution in [0.3, 0.4) is 0 Å². The van der Waals surface area contributed by atoms with Crippen molar-refractivity contribution in [2.45, 2.75) is 51.1 Å². The van der Waals surface area contributed by atoms with Gasteiger partial charge in [-0.2, -0.15) is 5.10 Å². The maximum Gasteiger partial charge on any atom is 0.293 e. The fourth-order valence-electron chi connectivity index (χ4n) is 4.43. The molecule has 0 aromatic carbocycles. The summed E-state index contributed by atoms with van der Waals surface area (Å²) in [6.07, 6.45) is 8.98. The Kier molecular flexibility index (Phi) is 4.90. The van der Waals surface area contributed by atoms with Crippen LogP contribution in [-0.2, 0) is 19.4 Å². The van der Waals surface area contributed by atoms with Gasteiger partial charge in [0.25, 0.3) is 11.5 Å². The van der Waals surface area contributed by atoms with Crippen molar-refractivity contribution in [2.75, 3.05) is 6.54 Å². The second kappa shape index (κ2) is 7.85. The normalized spacial score (nSPS) is 18.4. The molecule has 0 radical (unpaired) electrons. The quantitative estimate of drug-likeness (QED) is 0.662. The molecule has 1 fully saturated rings. The summed E-state index contributed by atoms with van der Waals surface area (Å²) in [5.74, 6) is 0.255. The first kappa shape index (κ1) is 18.7. The first-order chi connectivity index (χ1) is 14.7. The van der Waals surface area contributed by atoms with Crippen molar-refractivity contribution in [1.82, 2.24) is 24.8 Å². The van der Waals surface area contributed by atoms with Gasteiger partial charge in [-0.15, -0.1) is 0 Å². The van der Waals surface area contributed by atoms with Gasteiger partial charge < -0.3 is 9.42 Å². The summed E-state index contributed by atoms with van der Waals surface area (Å²) in [5, 5.41) is 8.64. The van der Waals surface area contributed by atoms with Gasteiger partial charge >= 0.3 is 0 Å². The first-order valence-electron chi connectivity index (χ1n) is 10.5. The van der Waals surface area contributed by atoms with E-state index in [-0.39, 0.29) is 17.5 Å². The Morgan fingerprint density at radius 1 is 1.17 bits per heavy atom. The van der Waals surface area contributed by atoms with Gasteiger partial charge in [-0.1, -0.05) is 5.16 Å². The lowest BCUT2D eigenvalue weighted by molar-refractivity contribution is 0.0676. The van der Waals surface area contributed by atoms with E-state index in [2.05, 4.69) is 15.2 Å². The number of rotatable bonds is 4. The SMILES string of the molecule is O=C(c1onc2c1CCCC2)N1CCCC1Cn1nc(-c2cccnc2)ccc1=O. The van der Waals surface area contributed by atoms with Crippen molar-refractivity contribution in [3.05, 3.63) is 64.0 Å². The smallest absolute Gasteiger partial charge is 0.293 e. The average Bonchev–Trinajstić information content (AvgIpc) is 3.42. The third-order valence-electron chi connectivity index (χ3n) is 6.00. The molecular weight excluding hydrogens is 382 g/mol. The summed E-state index contributed by atoms with van der Waals surface area (Å²) in [7, 11) is 0. The molecule has 1 saturated heterocycles. The Bertz CT molecular complexity index is 1120. The number of carbonyl (C=O) groups excluding carboxylic acids is 1. The Morgan fingerprint density at radius 2 is 2.07 bits per heavy atom. The van der Waals surface area contributed by atoms with Crippen LogP contribution in [0.15, 0.2) is 46.0 Å². The number of aryl methyl sites for hydroxylation is 1. The molecule has 0 bridgehead atoms. The van der Waals surface area contributed by atoms with E-state index in [1.54, 1.807) is 18.5 Å². The van der Waals surface area contributed by atoms with E-state index in [9.17, 15) is 9.59 Å². The van der Waals surface area contributed by atoms with E-state index in [1.807, 2.05) is 17.0 Å². The Labute approximate surface area is 173 Å². The molecule has 1 aliphatic heterocycles. The zero-order valence-corrected chi connectivity index (χ0v) is 16.7. The molecule has 1 amide bonds. The second-order valence-electron chi connectivity index (χ2n) is 7.92. The highest BCUT2D eigenvalue weighted by Gasteiger charge is 2.34. The number of carbonyl (C=O) groups is 1. The molecular formula is C22H23N5O3. The van der Waals surface area contributed by atoms with Gasteiger partial charge in [0.05, 0.1) is 24.0 Å². The Balaban J connectivity index is 1.39. The van der Waals surface area contributed by atoms with Gasteiger partial charge in [0.1, 0.15) is 0 Å². The number of hydrogen-bond acceptors (Lipinski definition) is 6. The average molecular weight is 405 g/mol. The minimum absolute atomic E-state index is 0.101. The summed E-state index contributed by atoms with van der Waals surface area (Å²) in [5.41, 5.74) is 3.23. The predicted octanol–water partition coefficient (Wildman–Crippen LogP) is 2.48. The van der Waals surface area contributed by atoms with Crippen molar-refractivity contribution in [3.63, 3.8) is 0 Å². The molecule has 0 spiro atoms. The minimum atomic E-state index is -0.181. The number of hydrogen-bond donors (Lipinski definition) is 0. The number of nitrogens with zero attached hydrogens (tertiary/aromatic N) is 5. The van der Waals surface area contributed by atoms with Crippen LogP contribution in [0.1, 0.15) is 47.5 Å². The Hall–Kier alpha value is -3.29. The van der Waals surface area contributed by atoms with Crippen LogP contribution in [0, 0.1) is 0 Å². The van der Waals surface area contributed by atoms with Gasteiger partial charge in [0, 0.05) is 36.1 Å². The monoisotopic (exact) mass is 405 g/mol. The van der Waals surface area contributed by atoms with E-state index in [1.165, 1.54) is 10.7 Å². The third kappa shape index (κ3) is 3.42. The molecule has 154 valence electrons. The molecule has 5 rings (SSSR count). The summed E-state index contributed by atoms with van der Waals surface area (Å²) >= 11 is 0. The molecule has 4 heterocycles. The number of likely N-dealkylation sites (tertiary alicyclic amines) is 1. The number of fused-ring (bicyclic) bond motifs is 1. The zero-order chi connectivity index (χ0) is 20.5. The molecule has 30 heavy (non-hydrogen) atoms. The van der Waals surface area contributed by atoms with Crippen LogP contribution < -0.4 is 5.56 Å².